The Kier molecular flexibility index (Phi) is 2.12. The van der Waals surface area contributed by atoms with Crippen LogP contribution in [0.25, 0.3) is 33.2 Å². The van der Waals surface area contributed by atoms with Crippen molar-refractivity contribution < 1.29 is 0 Å². The number of aromatic amines is 1. The molecule has 0 saturated heterocycles. The van der Waals surface area contributed by atoms with Crippen molar-refractivity contribution in [3.05, 3.63) is 60.9 Å². The third kappa shape index (κ3) is 1.52. The molecule has 0 aliphatic rings. The Bertz CT molecular complexity index is 863. The average molecular weight is 245 g/mol. The Morgan fingerprint density at radius 1 is 0.789 bits per heavy atom. The molecule has 0 aliphatic carbocycles. The predicted molar refractivity (Wildman–Crippen MR) is 76.8 cm³/mol. The summed E-state index contributed by atoms with van der Waals surface area (Å²) in [4.78, 5) is 12.1. The van der Waals surface area contributed by atoms with Crippen molar-refractivity contribution in [3.8, 4) is 11.3 Å². The van der Waals surface area contributed by atoms with Gasteiger partial charge in [0.2, 0.25) is 0 Å². The number of benzene rings is 2. The van der Waals surface area contributed by atoms with Crippen LogP contribution in [-0.4, -0.2) is 15.0 Å². The van der Waals surface area contributed by atoms with Crippen LogP contribution in [0.5, 0.6) is 0 Å². The molecule has 0 atom stereocenters. The molecule has 0 amide bonds. The lowest BCUT2D eigenvalue weighted by Gasteiger charge is -2.06. The van der Waals surface area contributed by atoms with Crippen LogP contribution in [0.2, 0.25) is 0 Å². The van der Waals surface area contributed by atoms with E-state index in [0.717, 1.165) is 33.2 Å². The number of nitrogens with one attached hydrogen (secondary N) is 1. The van der Waals surface area contributed by atoms with E-state index in [1.165, 1.54) is 0 Å². The monoisotopic (exact) mass is 245 g/mol. The number of fused-ring (bicyclic) bond motifs is 3. The van der Waals surface area contributed by atoms with Gasteiger partial charge in [-0.25, -0.2) is 9.97 Å². The maximum Gasteiger partial charge on any atom is 0.178 e. The second kappa shape index (κ2) is 3.92. The fraction of sp³-hybridized carbons (Fsp3) is 0. The third-order valence-corrected chi connectivity index (χ3v) is 3.34. The van der Waals surface area contributed by atoms with Crippen LogP contribution in [0.1, 0.15) is 0 Å². The van der Waals surface area contributed by atoms with E-state index in [2.05, 4.69) is 34.2 Å². The number of aromatic nitrogens is 3. The first kappa shape index (κ1) is 10.3. The fourth-order valence-corrected chi connectivity index (χ4v) is 2.46. The standard InChI is InChI=1S/C16H11N3/c1-2-6-11(7-3-1)14-12-8-4-5-9-13(12)15-16(19-14)18-10-17-15/h1-10H,(H,17,18,19). The Labute approximate surface area is 110 Å². The van der Waals surface area contributed by atoms with Crippen molar-refractivity contribution in [1.82, 2.24) is 15.0 Å². The Morgan fingerprint density at radius 3 is 2.37 bits per heavy atom. The minimum Gasteiger partial charge on any atom is -0.343 e. The van der Waals surface area contributed by atoms with Crippen LogP contribution in [0.15, 0.2) is 60.9 Å². The highest BCUT2D eigenvalue weighted by Crippen LogP contribution is 2.30. The molecular weight excluding hydrogens is 234 g/mol. The fourth-order valence-electron chi connectivity index (χ4n) is 2.46. The highest BCUT2D eigenvalue weighted by Gasteiger charge is 2.10. The molecule has 0 radical (unpaired) electrons. The molecular formula is C16H11N3. The quantitative estimate of drug-likeness (QED) is 0.554. The summed E-state index contributed by atoms with van der Waals surface area (Å²) in [7, 11) is 0. The Morgan fingerprint density at radius 2 is 1.53 bits per heavy atom. The van der Waals surface area contributed by atoms with Gasteiger partial charge < -0.3 is 4.98 Å². The molecule has 4 aromatic rings. The molecule has 0 aliphatic heterocycles. The van der Waals surface area contributed by atoms with Gasteiger partial charge in [-0.05, 0) is 0 Å². The predicted octanol–water partition coefficient (Wildman–Crippen LogP) is 3.78. The zero-order chi connectivity index (χ0) is 12.7. The number of pyridine rings is 1. The van der Waals surface area contributed by atoms with Crippen LogP contribution >= 0.6 is 0 Å². The van der Waals surface area contributed by atoms with E-state index < -0.39 is 0 Å². The lowest BCUT2D eigenvalue weighted by atomic mass is 10.0. The van der Waals surface area contributed by atoms with Crippen molar-refractivity contribution in [3.63, 3.8) is 0 Å². The Hall–Kier alpha value is -2.68. The van der Waals surface area contributed by atoms with Gasteiger partial charge in [0.25, 0.3) is 0 Å². The summed E-state index contributed by atoms with van der Waals surface area (Å²) in [5, 5.41) is 2.30. The first-order chi connectivity index (χ1) is 9.43. The molecule has 90 valence electrons. The number of hydrogen-bond acceptors (Lipinski definition) is 2. The molecule has 0 saturated carbocycles. The molecule has 1 N–H and O–H groups in total. The van der Waals surface area contributed by atoms with Crippen LogP contribution in [0.3, 0.4) is 0 Å². The van der Waals surface area contributed by atoms with E-state index in [1.807, 2.05) is 30.3 Å². The molecule has 0 bridgehead atoms. The van der Waals surface area contributed by atoms with Crippen LogP contribution in [0.4, 0.5) is 0 Å². The van der Waals surface area contributed by atoms with Gasteiger partial charge in [-0.3, -0.25) is 0 Å². The first-order valence-corrected chi connectivity index (χ1v) is 6.21. The van der Waals surface area contributed by atoms with Crippen molar-refractivity contribution in [1.29, 1.82) is 0 Å². The van der Waals surface area contributed by atoms with E-state index in [-0.39, 0.29) is 0 Å². The van der Waals surface area contributed by atoms with E-state index in [0.29, 0.717) is 0 Å². The highest BCUT2D eigenvalue weighted by atomic mass is 15.0. The Balaban J connectivity index is 2.19. The maximum absolute atomic E-state index is 4.69. The smallest absolute Gasteiger partial charge is 0.178 e. The molecule has 2 aromatic heterocycles. The van der Waals surface area contributed by atoms with E-state index in [4.69, 9.17) is 4.98 Å². The van der Waals surface area contributed by atoms with Gasteiger partial charge in [0.1, 0.15) is 0 Å². The lowest BCUT2D eigenvalue weighted by molar-refractivity contribution is 1.31. The molecule has 3 nitrogen and oxygen atoms in total. The maximum atomic E-state index is 4.69. The van der Waals surface area contributed by atoms with Gasteiger partial charge in [-0.1, -0.05) is 54.6 Å². The van der Waals surface area contributed by atoms with Crippen molar-refractivity contribution in [2.75, 3.05) is 0 Å². The van der Waals surface area contributed by atoms with E-state index in [1.54, 1.807) is 6.33 Å². The first-order valence-electron chi connectivity index (χ1n) is 6.21. The number of H-pyrrole nitrogens is 1. The van der Waals surface area contributed by atoms with Crippen LogP contribution < -0.4 is 0 Å². The van der Waals surface area contributed by atoms with Gasteiger partial charge >= 0.3 is 0 Å². The molecule has 0 unspecified atom stereocenters. The van der Waals surface area contributed by atoms with Crippen LogP contribution in [0, 0.1) is 0 Å². The van der Waals surface area contributed by atoms with Crippen molar-refractivity contribution in [2.45, 2.75) is 0 Å². The van der Waals surface area contributed by atoms with E-state index >= 15 is 0 Å². The largest absolute Gasteiger partial charge is 0.343 e. The SMILES string of the molecule is c1ccc(-c2nc3nc[nH]c3c3ccccc23)cc1. The minimum atomic E-state index is 0.762. The van der Waals surface area contributed by atoms with Gasteiger partial charge in [-0.2, -0.15) is 0 Å². The summed E-state index contributed by atoms with van der Waals surface area (Å²) in [5.41, 5.74) is 3.85. The second-order valence-electron chi connectivity index (χ2n) is 4.47. The van der Waals surface area contributed by atoms with Gasteiger partial charge in [0.15, 0.2) is 5.65 Å². The van der Waals surface area contributed by atoms with Gasteiger partial charge in [0, 0.05) is 16.3 Å². The minimum absolute atomic E-state index is 0.762. The second-order valence-corrected chi connectivity index (χ2v) is 4.47. The average Bonchev–Trinajstić information content (AvgIpc) is 2.96. The number of rotatable bonds is 1. The molecule has 0 spiro atoms. The number of nitrogens with zero attached hydrogens (tertiary/aromatic N) is 2. The van der Waals surface area contributed by atoms with E-state index in [9.17, 15) is 0 Å². The summed E-state index contributed by atoms with van der Waals surface area (Å²) in [6.45, 7) is 0. The van der Waals surface area contributed by atoms with Gasteiger partial charge in [0.05, 0.1) is 17.5 Å². The highest BCUT2D eigenvalue weighted by molar-refractivity contribution is 6.08. The summed E-state index contributed by atoms with van der Waals surface area (Å²) in [5.74, 6) is 0. The zero-order valence-corrected chi connectivity index (χ0v) is 10.2. The summed E-state index contributed by atoms with van der Waals surface area (Å²) in [6.07, 6.45) is 1.69. The van der Waals surface area contributed by atoms with Crippen LogP contribution in [-0.2, 0) is 0 Å². The molecule has 2 heterocycles. The molecule has 0 fully saturated rings. The summed E-state index contributed by atoms with van der Waals surface area (Å²) >= 11 is 0. The summed E-state index contributed by atoms with van der Waals surface area (Å²) in [6, 6.07) is 18.5. The lowest BCUT2D eigenvalue weighted by Crippen LogP contribution is -1.88. The summed E-state index contributed by atoms with van der Waals surface area (Å²) < 4.78 is 0. The number of hydrogen-bond donors (Lipinski definition) is 1. The molecule has 2 aromatic carbocycles. The van der Waals surface area contributed by atoms with Gasteiger partial charge in [-0.15, -0.1) is 0 Å². The van der Waals surface area contributed by atoms with Crippen molar-refractivity contribution >= 4 is 21.9 Å². The topological polar surface area (TPSA) is 41.6 Å². The van der Waals surface area contributed by atoms with Crippen molar-refractivity contribution in [2.24, 2.45) is 0 Å². The normalized spacial score (nSPS) is 11.2. The molecule has 19 heavy (non-hydrogen) atoms. The molecule has 3 heteroatoms. The molecule has 4 rings (SSSR count). The zero-order valence-electron chi connectivity index (χ0n) is 10.2. The third-order valence-electron chi connectivity index (χ3n) is 3.34. The number of imidazole rings is 1.